The summed E-state index contributed by atoms with van der Waals surface area (Å²) in [4.78, 5) is 17.6. The fourth-order valence-electron chi connectivity index (χ4n) is 4.85. The van der Waals surface area contributed by atoms with E-state index in [-0.39, 0.29) is 5.41 Å². The fourth-order valence-corrected chi connectivity index (χ4v) is 4.85. The molecule has 1 saturated carbocycles. The second-order valence-corrected chi connectivity index (χ2v) is 8.65. The topological polar surface area (TPSA) is 23.6 Å². The Morgan fingerprint density at radius 3 is 2.29 bits per heavy atom. The molecule has 1 amide bonds. The van der Waals surface area contributed by atoms with E-state index >= 15 is 0 Å². The molecule has 3 nitrogen and oxygen atoms in total. The van der Waals surface area contributed by atoms with Crippen molar-refractivity contribution in [3.63, 3.8) is 0 Å². The highest BCUT2D eigenvalue weighted by Gasteiger charge is 2.47. The zero-order valence-electron chi connectivity index (χ0n) is 15.0. The molecule has 3 fully saturated rings. The van der Waals surface area contributed by atoms with Crippen molar-refractivity contribution in [3.05, 3.63) is 35.9 Å². The van der Waals surface area contributed by atoms with Crippen LogP contribution in [-0.4, -0.2) is 41.9 Å². The molecule has 2 saturated heterocycles. The van der Waals surface area contributed by atoms with Crippen LogP contribution in [0.2, 0.25) is 0 Å². The van der Waals surface area contributed by atoms with E-state index in [0.29, 0.717) is 11.3 Å². The normalized spacial score (nSPS) is 25.6. The van der Waals surface area contributed by atoms with Crippen LogP contribution in [0.4, 0.5) is 0 Å². The molecular weight excluding hydrogens is 296 g/mol. The molecule has 3 aliphatic rings. The number of hydrogen-bond acceptors (Lipinski definition) is 2. The van der Waals surface area contributed by atoms with Gasteiger partial charge < -0.3 is 4.90 Å². The Morgan fingerprint density at radius 1 is 1.00 bits per heavy atom. The van der Waals surface area contributed by atoms with Gasteiger partial charge in [0.25, 0.3) is 0 Å². The fraction of sp³-hybridized carbons (Fsp3) is 0.667. The van der Waals surface area contributed by atoms with Crippen molar-refractivity contribution in [2.24, 2.45) is 10.8 Å². The largest absolute Gasteiger partial charge is 0.342 e. The van der Waals surface area contributed by atoms with Gasteiger partial charge in [-0.1, -0.05) is 43.7 Å². The molecule has 2 heterocycles. The van der Waals surface area contributed by atoms with E-state index in [1.54, 1.807) is 0 Å². The molecule has 1 aromatic rings. The summed E-state index contributed by atoms with van der Waals surface area (Å²) in [5.41, 5.74) is 1.79. The molecule has 3 heteroatoms. The minimum atomic E-state index is -0.0282. The SMILES string of the molecule is CC1(C(=O)N2CCC3(CCN(Cc4ccccc4)CC3)C2)CCC1. The first-order valence-electron chi connectivity index (χ1n) is 9.64. The number of carbonyl (C=O) groups excluding carboxylic acids is 1. The number of carbonyl (C=O) groups is 1. The zero-order chi connectivity index (χ0) is 16.6. The van der Waals surface area contributed by atoms with Crippen molar-refractivity contribution < 1.29 is 4.79 Å². The molecule has 1 aromatic carbocycles. The highest BCUT2D eigenvalue weighted by molar-refractivity contribution is 5.83. The zero-order valence-corrected chi connectivity index (χ0v) is 15.0. The lowest BCUT2D eigenvalue weighted by Gasteiger charge is -2.42. The van der Waals surface area contributed by atoms with Crippen molar-refractivity contribution in [3.8, 4) is 0 Å². The van der Waals surface area contributed by atoms with E-state index in [9.17, 15) is 4.79 Å². The summed E-state index contributed by atoms with van der Waals surface area (Å²) in [5.74, 6) is 0.442. The van der Waals surface area contributed by atoms with Crippen LogP contribution < -0.4 is 0 Å². The summed E-state index contributed by atoms with van der Waals surface area (Å²) in [7, 11) is 0. The van der Waals surface area contributed by atoms with Gasteiger partial charge in [0.1, 0.15) is 0 Å². The van der Waals surface area contributed by atoms with Crippen molar-refractivity contribution in [1.29, 1.82) is 0 Å². The van der Waals surface area contributed by atoms with Gasteiger partial charge >= 0.3 is 0 Å². The summed E-state index contributed by atoms with van der Waals surface area (Å²) in [6.07, 6.45) is 7.14. The van der Waals surface area contributed by atoms with Gasteiger partial charge in [-0.25, -0.2) is 0 Å². The molecule has 0 atom stereocenters. The Bertz CT molecular complexity index is 585. The van der Waals surface area contributed by atoms with Crippen LogP contribution in [0.15, 0.2) is 30.3 Å². The van der Waals surface area contributed by atoms with Crippen LogP contribution in [-0.2, 0) is 11.3 Å². The molecule has 2 aliphatic heterocycles. The van der Waals surface area contributed by atoms with Crippen LogP contribution in [0, 0.1) is 10.8 Å². The summed E-state index contributed by atoms with van der Waals surface area (Å²) in [6.45, 7) is 7.60. The quantitative estimate of drug-likeness (QED) is 0.846. The molecule has 1 spiro atoms. The predicted octanol–water partition coefficient (Wildman–Crippen LogP) is 3.69. The van der Waals surface area contributed by atoms with Gasteiger partial charge in [0.15, 0.2) is 0 Å². The molecule has 0 unspecified atom stereocenters. The van der Waals surface area contributed by atoms with Crippen LogP contribution in [0.25, 0.3) is 0 Å². The Kier molecular flexibility index (Phi) is 4.16. The first-order valence-corrected chi connectivity index (χ1v) is 9.64. The van der Waals surface area contributed by atoms with Crippen LogP contribution >= 0.6 is 0 Å². The lowest BCUT2D eigenvalue weighted by molar-refractivity contribution is -0.145. The lowest BCUT2D eigenvalue weighted by Crippen LogP contribution is -2.47. The van der Waals surface area contributed by atoms with Gasteiger partial charge in [-0.2, -0.15) is 0 Å². The average Bonchev–Trinajstić information content (AvgIpc) is 2.99. The van der Waals surface area contributed by atoms with Crippen molar-refractivity contribution in [2.75, 3.05) is 26.2 Å². The number of hydrogen-bond donors (Lipinski definition) is 0. The van der Waals surface area contributed by atoms with Crippen molar-refractivity contribution >= 4 is 5.91 Å². The van der Waals surface area contributed by atoms with Crippen LogP contribution in [0.5, 0.6) is 0 Å². The Morgan fingerprint density at radius 2 is 1.67 bits per heavy atom. The second kappa shape index (κ2) is 6.18. The van der Waals surface area contributed by atoms with E-state index in [4.69, 9.17) is 0 Å². The number of amides is 1. The highest BCUT2D eigenvalue weighted by atomic mass is 16.2. The molecule has 0 aromatic heterocycles. The number of benzene rings is 1. The third kappa shape index (κ3) is 2.99. The Labute approximate surface area is 146 Å². The second-order valence-electron chi connectivity index (χ2n) is 8.65. The van der Waals surface area contributed by atoms with E-state index in [2.05, 4.69) is 47.1 Å². The highest BCUT2D eigenvalue weighted by Crippen LogP contribution is 2.46. The first kappa shape index (κ1) is 16.1. The summed E-state index contributed by atoms with van der Waals surface area (Å²) < 4.78 is 0. The monoisotopic (exact) mass is 326 g/mol. The standard InChI is InChI=1S/C21H30N2O/c1-20(8-5-9-20)19(24)23-15-12-21(17-23)10-13-22(14-11-21)16-18-6-3-2-4-7-18/h2-4,6-7H,5,8-17H2,1H3. The number of rotatable bonds is 3. The van der Waals surface area contributed by atoms with Gasteiger partial charge in [0.2, 0.25) is 5.91 Å². The summed E-state index contributed by atoms with van der Waals surface area (Å²) in [6, 6.07) is 10.8. The minimum Gasteiger partial charge on any atom is -0.342 e. The Balaban J connectivity index is 1.32. The molecule has 24 heavy (non-hydrogen) atoms. The molecule has 130 valence electrons. The molecule has 0 N–H and O–H groups in total. The van der Waals surface area contributed by atoms with E-state index in [1.807, 2.05) is 0 Å². The number of piperidine rings is 1. The number of nitrogens with zero attached hydrogens (tertiary/aromatic N) is 2. The van der Waals surface area contributed by atoms with E-state index in [0.717, 1.165) is 32.5 Å². The summed E-state index contributed by atoms with van der Waals surface area (Å²) in [5, 5.41) is 0. The van der Waals surface area contributed by atoms with E-state index in [1.165, 1.54) is 44.3 Å². The Hall–Kier alpha value is -1.35. The molecular formula is C21H30N2O. The average molecular weight is 326 g/mol. The smallest absolute Gasteiger partial charge is 0.228 e. The van der Waals surface area contributed by atoms with Crippen molar-refractivity contribution in [1.82, 2.24) is 9.80 Å². The van der Waals surface area contributed by atoms with Crippen molar-refractivity contribution in [2.45, 2.75) is 52.0 Å². The first-order chi connectivity index (χ1) is 11.6. The molecule has 1 aliphatic carbocycles. The maximum absolute atomic E-state index is 12.8. The summed E-state index contributed by atoms with van der Waals surface area (Å²) >= 11 is 0. The third-order valence-electron chi connectivity index (χ3n) is 6.86. The lowest BCUT2D eigenvalue weighted by atomic mass is 9.69. The van der Waals surface area contributed by atoms with Gasteiger partial charge in [-0.05, 0) is 56.2 Å². The molecule has 0 radical (unpaired) electrons. The van der Waals surface area contributed by atoms with E-state index < -0.39 is 0 Å². The van der Waals surface area contributed by atoms with Crippen LogP contribution in [0.3, 0.4) is 0 Å². The minimum absolute atomic E-state index is 0.0282. The maximum Gasteiger partial charge on any atom is 0.228 e. The van der Waals surface area contributed by atoms with Gasteiger partial charge in [-0.3, -0.25) is 9.69 Å². The molecule has 0 bridgehead atoms. The van der Waals surface area contributed by atoms with Gasteiger partial charge in [0.05, 0.1) is 0 Å². The van der Waals surface area contributed by atoms with Gasteiger partial charge in [0, 0.05) is 25.0 Å². The molecule has 4 rings (SSSR count). The van der Waals surface area contributed by atoms with Gasteiger partial charge in [-0.15, -0.1) is 0 Å². The number of likely N-dealkylation sites (tertiary alicyclic amines) is 2. The maximum atomic E-state index is 12.8. The van der Waals surface area contributed by atoms with Crippen LogP contribution in [0.1, 0.15) is 51.0 Å². The third-order valence-corrected chi connectivity index (χ3v) is 6.86. The predicted molar refractivity (Wildman–Crippen MR) is 96.5 cm³/mol.